The Balaban J connectivity index is 2.00. The Morgan fingerprint density at radius 2 is 1.55 bits per heavy atom. The van der Waals surface area contributed by atoms with Crippen molar-refractivity contribution in [2.24, 2.45) is 11.7 Å². The number of nitrogens with two attached hydrogens (primary N) is 1. The summed E-state index contributed by atoms with van der Waals surface area (Å²) in [5, 5.41) is 17.8. The molecular weight excluding hydrogens is 528 g/mol. The number of amides is 3. The standard InChI is InChI=1S/C30H42N4O5S/c1-18(2)28(37)26(15-21-9-7-6-8-10-21)33-27(36)17-32-30(39)25(11-12-40-5)34-29(38)24(31)16-23-19(3)13-22(35)14-20(23)4/h6-10,13-14,18,24-26,35H,11-12,15-17,31H2,1-5H3,(H,32,39)(H,33,36)(H,34,38)/t24-,25-,26-/m0/s1. The number of Topliss-reactive ketones (excluding diaryl/α,β-unsaturated/α-hetero) is 1. The minimum atomic E-state index is -0.907. The van der Waals surface area contributed by atoms with Gasteiger partial charge in [0.05, 0.1) is 18.6 Å². The minimum Gasteiger partial charge on any atom is -0.508 e. The second-order valence-electron chi connectivity index (χ2n) is 10.3. The molecule has 0 unspecified atom stereocenters. The summed E-state index contributed by atoms with van der Waals surface area (Å²) >= 11 is 1.53. The van der Waals surface area contributed by atoms with Crippen molar-refractivity contribution < 1.29 is 24.3 Å². The largest absolute Gasteiger partial charge is 0.508 e. The summed E-state index contributed by atoms with van der Waals surface area (Å²) in [5.74, 6) is -1.09. The van der Waals surface area contributed by atoms with E-state index >= 15 is 0 Å². The molecule has 0 heterocycles. The van der Waals surface area contributed by atoms with Gasteiger partial charge in [0.25, 0.3) is 0 Å². The number of phenolic OH excluding ortho intramolecular Hbond substituents is 1. The second kappa shape index (κ2) is 16.0. The van der Waals surface area contributed by atoms with Gasteiger partial charge >= 0.3 is 0 Å². The Morgan fingerprint density at radius 1 is 0.925 bits per heavy atom. The molecule has 3 amide bonds. The number of nitrogens with one attached hydrogen (secondary N) is 3. The highest BCUT2D eigenvalue weighted by Gasteiger charge is 2.26. The third-order valence-electron chi connectivity index (χ3n) is 6.64. The number of ketones is 1. The number of aryl methyl sites for hydroxylation is 2. The van der Waals surface area contributed by atoms with Gasteiger partial charge in [-0.3, -0.25) is 19.2 Å². The van der Waals surface area contributed by atoms with Gasteiger partial charge in [-0.1, -0.05) is 44.2 Å². The lowest BCUT2D eigenvalue weighted by atomic mass is 9.95. The molecule has 0 saturated carbocycles. The Labute approximate surface area is 241 Å². The van der Waals surface area contributed by atoms with Gasteiger partial charge in [-0.05, 0) is 79.5 Å². The smallest absolute Gasteiger partial charge is 0.243 e. The van der Waals surface area contributed by atoms with E-state index in [1.54, 1.807) is 26.0 Å². The fraction of sp³-hybridized carbons (Fsp3) is 0.467. The quantitative estimate of drug-likeness (QED) is 0.220. The molecule has 0 aromatic heterocycles. The number of hydrogen-bond donors (Lipinski definition) is 5. The number of rotatable bonds is 15. The molecular formula is C30H42N4O5S. The van der Waals surface area contributed by atoms with E-state index in [0.717, 1.165) is 22.3 Å². The number of aromatic hydroxyl groups is 1. The van der Waals surface area contributed by atoms with Crippen molar-refractivity contribution in [2.75, 3.05) is 18.6 Å². The number of carbonyl (C=O) groups is 4. The highest BCUT2D eigenvalue weighted by Crippen LogP contribution is 2.22. The number of benzene rings is 2. The predicted octanol–water partition coefficient (Wildman–Crippen LogP) is 2.19. The van der Waals surface area contributed by atoms with Crippen LogP contribution in [0.4, 0.5) is 0 Å². The van der Waals surface area contributed by atoms with Crippen LogP contribution in [0, 0.1) is 19.8 Å². The summed E-state index contributed by atoms with van der Waals surface area (Å²) in [7, 11) is 0. The molecule has 0 bridgehead atoms. The van der Waals surface area contributed by atoms with E-state index in [9.17, 15) is 24.3 Å². The molecule has 0 aliphatic heterocycles. The fourth-order valence-electron chi connectivity index (χ4n) is 4.40. The van der Waals surface area contributed by atoms with E-state index in [-0.39, 0.29) is 30.4 Å². The zero-order valence-electron chi connectivity index (χ0n) is 24.0. The van der Waals surface area contributed by atoms with Crippen molar-refractivity contribution in [3.8, 4) is 5.75 Å². The molecule has 2 aromatic rings. The van der Waals surface area contributed by atoms with E-state index in [0.29, 0.717) is 18.6 Å². The van der Waals surface area contributed by atoms with Crippen molar-refractivity contribution in [1.29, 1.82) is 0 Å². The first kappa shape index (κ1) is 32.8. The lowest BCUT2D eigenvalue weighted by molar-refractivity contribution is -0.132. The fourth-order valence-corrected chi connectivity index (χ4v) is 4.87. The third-order valence-corrected chi connectivity index (χ3v) is 7.28. The van der Waals surface area contributed by atoms with Gasteiger partial charge in [0.15, 0.2) is 5.78 Å². The van der Waals surface area contributed by atoms with Gasteiger partial charge < -0.3 is 26.8 Å². The number of hydrogen-bond acceptors (Lipinski definition) is 7. The van der Waals surface area contributed by atoms with Gasteiger partial charge in [-0.2, -0.15) is 11.8 Å². The van der Waals surface area contributed by atoms with Crippen LogP contribution in [0.5, 0.6) is 5.75 Å². The summed E-state index contributed by atoms with van der Waals surface area (Å²) in [6, 6.07) is 10.1. The lowest BCUT2D eigenvalue weighted by Gasteiger charge is -2.22. The van der Waals surface area contributed by atoms with Crippen molar-refractivity contribution >= 4 is 35.3 Å². The first-order valence-electron chi connectivity index (χ1n) is 13.4. The van der Waals surface area contributed by atoms with Gasteiger partial charge in [0.2, 0.25) is 17.7 Å². The van der Waals surface area contributed by atoms with E-state index in [2.05, 4.69) is 16.0 Å². The Hall–Kier alpha value is -3.37. The Kier molecular flexibility index (Phi) is 13.2. The average Bonchev–Trinajstić information content (AvgIpc) is 2.91. The number of thioether (sulfide) groups is 1. The van der Waals surface area contributed by atoms with Crippen LogP contribution >= 0.6 is 11.8 Å². The first-order valence-corrected chi connectivity index (χ1v) is 14.8. The maximum atomic E-state index is 13.0. The zero-order valence-corrected chi connectivity index (χ0v) is 24.8. The van der Waals surface area contributed by atoms with Crippen molar-refractivity contribution in [2.45, 2.75) is 65.1 Å². The molecule has 0 radical (unpaired) electrons. The van der Waals surface area contributed by atoms with E-state index in [1.165, 1.54) is 11.8 Å². The summed E-state index contributed by atoms with van der Waals surface area (Å²) in [6.45, 7) is 6.90. The molecule has 2 aromatic carbocycles. The van der Waals surface area contributed by atoms with Crippen LogP contribution in [0.25, 0.3) is 0 Å². The normalized spacial score (nSPS) is 13.3. The molecule has 0 aliphatic carbocycles. The third kappa shape index (κ3) is 10.3. The van der Waals surface area contributed by atoms with Crippen molar-refractivity contribution in [1.82, 2.24) is 16.0 Å². The topological polar surface area (TPSA) is 151 Å². The summed E-state index contributed by atoms with van der Waals surface area (Å²) in [4.78, 5) is 51.4. The van der Waals surface area contributed by atoms with Crippen LogP contribution in [0.3, 0.4) is 0 Å². The highest BCUT2D eigenvalue weighted by atomic mass is 32.2. The maximum absolute atomic E-state index is 13.0. The molecule has 3 atom stereocenters. The molecule has 0 saturated heterocycles. The zero-order chi connectivity index (χ0) is 29.8. The summed E-state index contributed by atoms with van der Waals surface area (Å²) in [6.07, 6.45) is 2.84. The first-order chi connectivity index (χ1) is 18.9. The van der Waals surface area contributed by atoms with Crippen molar-refractivity contribution in [3.63, 3.8) is 0 Å². The van der Waals surface area contributed by atoms with Crippen LogP contribution in [0.2, 0.25) is 0 Å². The summed E-state index contributed by atoms with van der Waals surface area (Å²) < 4.78 is 0. The predicted molar refractivity (Wildman–Crippen MR) is 159 cm³/mol. The van der Waals surface area contributed by atoms with E-state index in [4.69, 9.17) is 5.73 Å². The molecule has 0 aliphatic rings. The SMILES string of the molecule is CSCC[C@H](NC(=O)[C@@H](N)Cc1c(C)cc(O)cc1C)C(=O)NCC(=O)N[C@@H](Cc1ccccc1)C(=O)C(C)C. The van der Waals surface area contributed by atoms with Gasteiger partial charge in [0.1, 0.15) is 11.8 Å². The van der Waals surface area contributed by atoms with Gasteiger partial charge in [0, 0.05) is 5.92 Å². The highest BCUT2D eigenvalue weighted by molar-refractivity contribution is 7.98. The molecule has 0 spiro atoms. The van der Waals surface area contributed by atoms with Crippen molar-refractivity contribution in [3.05, 3.63) is 64.7 Å². The lowest BCUT2D eigenvalue weighted by Crippen LogP contribution is -2.54. The average molecular weight is 571 g/mol. The molecule has 40 heavy (non-hydrogen) atoms. The van der Waals surface area contributed by atoms with Crippen LogP contribution in [-0.4, -0.2) is 65.3 Å². The molecule has 6 N–H and O–H groups in total. The number of phenols is 1. The number of carbonyl (C=O) groups excluding carboxylic acids is 4. The van der Waals surface area contributed by atoms with Crippen LogP contribution in [-0.2, 0) is 32.0 Å². The molecule has 10 heteroatoms. The van der Waals surface area contributed by atoms with Crippen LogP contribution in [0.15, 0.2) is 42.5 Å². The maximum Gasteiger partial charge on any atom is 0.243 e. The molecule has 0 fully saturated rings. The minimum absolute atomic E-state index is 0.0956. The van der Waals surface area contributed by atoms with E-state index < -0.39 is 35.8 Å². The Morgan fingerprint density at radius 3 is 2.12 bits per heavy atom. The van der Waals surface area contributed by atoms with Gasteiger partial charge in [-0.25, -0.2) is 0 Å². The molecule has 2 rings (SSSR count). The molecule has 218 valence electrons. The van der Waals surface area contributed by atoms with Crippen LogP contribution < -0.4 is 21.7 Å². The molecule has 9 nitrogen and oxygen atoms in total. The van der Waals surface area contributed by atoms with E-state index in [1.807, 2.05) is 50.4 Å². The summed E-state index contributed by atoms with van der Waals surface area (Å²) in [5.41, 5.74) is 9.62. The second-order valence-corrected chi connectivity index (χ2v) is 11.3. The monoisotopic (exact) mass is 570 g/mol. The van der Waals surface area contributed by atoms with Crippen LogP contribution in [0.1, 0.15) is 42.5 Å². The van der Waals surface area contributed by atoms with Gasteiger partial charge in [-0.15, -0.1) is 0 Å². The Bertz CT molecular complexity index is 1150.